The van der Waals surface area contributed by atoms with Crippen LogP contribution in [0.3, 0.4) is 0 Å². The van der Waals surface area contributed by atoms with E-state index in [-0.39, 0.29) is 17.6 Å². The summed E-state index contributed by atoms with van der Waals surface area (Å²) in [7, 11) is 0. The zero-order chi connectivity index (χ0) is 24.4. The Hall–Kier alpha value is -3.70. The molecule has 0 N–H and O–H groups in total. The molecule has 3 aromatic rings. The summed E-state index contributed by atoms with van der Waals surface area (Å²) in [5, 5.41) is 0.531. The average Bonchev–Trinajstić information content (AvgIpc) is 3.32. The van der Waals surface area contributed by atoms with Crippen LogP contribution < -0.4 is 4.90 Å². The molecule has 3 aliphatic rings. The highest BCUT2D eigenvalue weighted by Gasteiger charge is 2.64. The normalized spacial score (nSPS) is 24.4. The van der Waals surface area contributed by atoms with Gasteiger partial charge in [0.15, 0.2) is 5.78 Å². The summed E-state index contributed by atoms with van der Waals surface area (Å²) in [6, 6.07) is 19.1. The summed E-state index contributed by atoms with van der Waals surface area (Å²) in [5.41, 5.74) is 4.92. The van der Waals surface area contributed by atoms with Gasteiger partial charge in [0.05, 0.1) is 23.6 Å². The van der Waals surface area contributed by atoms with Gasteiger partial charge in [-0.1, -0.05) is 53.6 Å². The molecule has 35 heavy (non-hydrogen) atoms. The number of carbonyl (C=O) groups is 3. The third kappa shape index (κ3) is 3.18. The number of amides is 2. The van der Waals surface area contributed by atoms with E-state index in [1.165, 1.54) is 4.90 Å². The van der Waals surface area contributed by atoms with E-state index in [1.807, 2.05) is 73.5 Å². The highest BCUT2D eigenvalue weighted by Crippen LogP contribution is 2.54. The van der Waals surface area contributed by atoms with Gasteiger partial charge in [0.1, 0.15) is 6.04 Å². The fraction of sp³-hybridized carbons (Fsp3) is 0.207. The van der Waals surface area contributed by atoms with Crippen LogP contribution in [0.2, 0.25) is 5.02 Å². The molecular formula is C29H23ClN2O3. The fourth-order valence-corrected chi connectivity index (χ4v) is 6.06. The summed E-state index contributed by atoms with van der Waals surface area (Å²) in [6.45, 7) is 3.88. The van der Waals surface area contributed by atoms with Crippen molar-refractivity contribution in [1.82, 2.24) is 4.90 Å². The van der Waals surface area contributed by atoms with Crippen LogP contribution in [0, 0.1) is 25.7 Å². The summed E-state index contributed by atoms with van der Waals surface area (Å²) >= 11 is 6.05. The maximum Gasteiger partial charge on any atom is 0.240 e. The van der Waals surface area contributed by atoms with Crippen LogP contribution in [0.1, 0.15) is 38.7 Å². The van der Waals surface area contributed by atoms with Gasteiger partial charge in [-0.2, -0.15) is 0 Å². The van der Waals surface area contributed by atoms with Crippen molar-refractivity contribution in [2.45, 2.75) is 25.9 Å². The lowest BCUT2D eigenvalue weighted by atomic mass is 9.83. The van der Waals surface area contributed by atoms with Crippen molar-refractivity contribution in [1.29, 1.82) is 0 Å². The number of Topliss-reactive ketones (excluding diaryl/α,β-unsaturated/α-hetero) is 1. The number of imide groups is 1. The van der Waals surface area contributed by atoms with Crippen molar-refractivity contribution in [3.8, 4) is 0 Å². The topological polar surface area (TPSA) is 57.7 Å². The molecule has 0 radical (unpaired) electrons. The first-order valence-corrected chi connectivity index (χ1v) is 12.0. The molecule has 0 aromatic heterocycles. The molecule has 2 amide bonds. The molecule has 2 saturated heterocycles. The van der Waals surface area contributed by atoms with Crippen LogP contribution in [-0.2, 0) is 9.59 Å². The quantitative estimate of drug-likeness (QED) is 0.373. The Balaban J connectivity index is 1.50. The summed E-state index contributed by atoms with van der Waals surface area (Å²) in [4.78, 5) is 45.1. The molecule has 6 rings (SSSR count). The summed E-state index contributed by atoms with van der Waals surface area (Å²) in [5.74, 6) is -2.20. The van der Waals surface area contributed by atoms with E-state index in [0.29, 0.717) is 16.3 Å². The van der Waals surface area contributed by atoms with Crippen molar-refractivity contribution in [2.24, 2.45) is 11.8 Å². The highest BCUT2D eigenvalue weighted by atomic mass is 35.5. The first kappa shape index (κ1) is 21.8. The maximum absolute atomic E-state index is 14.0. The highest BCUT2D eigenvalue weighted by molar-refractivity contribution is 6.30. The molecule has 0 saturated carbocycles. The Labute approximate surface area is 208 Å². The van der Waals surface area contributed by atoms with Gasteiger partial charge in [-0.3, -0.25) is 14.4 Å². The van der Waals surface area contributed by atoms with Crippen LogP contribution in [0.15, 0.2) is 72.9 Å². The molecule has 6 heteroatoms. The van der Waals surface area contributed by atoms with Gasteiger partial charge < -0.3 is 4.90 Å². The van der Waals surface area contributed by atoms with Gasteiger partial charge >= 0.3 is 0 Å². The van der Waals surface area contributed by atoms with Crippen molar-refractivity contribution in [2.75, 3.05) is 4.90 Å². The fourth-order valence-electron chi connectivity index (χ4n) is 5.94. The minimum Gasteiger partial charge on any atom is -0.358 e. The van der Waals surface area contributed by atoms with Gasteiger partial charge in [-0.25, -0.2) is 4.90 Å². The molecule has 2 fully saturated rings. The number of rotatable bonds is 3. The summed E-state index contributed by atoms with van der Waals surface area (Å²) < 4.78 is 0. The van der Waals surface area contributed by atoms with Crippen molar-refractivity contribution < 1.29 is 14.4 Å². The van der Waals surface area contributed by atoms with Gasteiger partial charge in [-0.05, 0) is 66.9 Å². The Morgan fingerprint density at radius 2 is 1.60 bits per heavy atom. The molecular weight excluding hydrogens is 460 g/mol. The molecule has 0 bridgehead atoms. The van der Waals surface area contributed by atoms with Gasteiger partial charge in [0, 0.05) is 16.8 Å². The zero-order valence-corrected chi connectivity index (χ0v) is 20.1. The SMILES string of the molecule is Cc1ccc(N2C(=O)[C@@H]3[C@H](C2=O)[C@H]2c4ccccc4C=CN2[C@@H]3C(=O)c2ccc(Cl)cc2)c(C)c1. The zero-order valence-electron chi connectivity index (χ0n) is 19.3. The van der Waals surface area contributed by atoms with Crippen molar-refractivity contribution in [3.63, 3.8) is 0 Å². The summed E-state index contributed by atoms with van der Waals surface area (Å²) in [6.07, 6.45) is 3.82. The molecule has 174 valence electrons. The van der Waals surface area contributed by atoms with E-state index >= 15 is 0 Å². The molecule has 3 aliphatic heterocycles. The Bertz CT molecular complexity index is 1430. The number of hydrogen-bond donors (Lipinski definition) is 0. The number of ketones is 1. The number of hydrogen-bond acceptors (Lipinski definition) is 4. The van der Waals surface area contributed by atoms with Crippen LogP contribution in [0.5, 0.6) is 0 Å². The molecule has 5 nitrogen and oxygen atoms in total. The van der Waals surface area contributed by atoms with E-state index in [2.05, 4.69) is 0 Å². The van der Waals surface area contributed by atoms with Crippen molar-refractivity contribution >= 4 is 41.0 Å². The van der Waals surface area contributed by atoms with Gasteiger partial charge in [-0.15, -0.1) is 0 Å². The Morgan fingerprint density at radius 1 is 0.886 bits per heavy atom. The number of benzene rings is 3. The van der Waals surface area contributed by atoms with E-state index in [4.69, 9.17) is 11.6 Å². The van der Waals surface area contributed by atoms with Gasteiger partial charge in [0.25, 0.3) is 0 Å². The lowest BCUT2D eigenvalue weighted by Crippen LogP contribution is -2.44. The Morgan fingerprint density at radius 3 is 2.34 bits per heavy atom. The standard InChI is InChI=1S/C29H23ClN2O3/c1-16-7-12-22(17(2)15-16)32-28(34)23-24(29(32)35)26(27(33)19-8-10-20(30)11-9-19)31-14-13-18-5-3-4-6-21(18)25(23)31/h3-15,23-26H,1-2H3/t23-,24+,25+,26-/m0/s1. The molecule has 4 atom stereocenters. The minimum atomic E-state index is -0.789. The van der Waals surface area contributed by atoms with Gasteiger partial charge in [0.2, 0.25) is 11.8 Å². The largest absolute Gasteiger partial charge is 0.358 e. The van der Waals surface area contributed by atoms with E-state index in [0.717, 1.165) is 22.3 Å². The maximum atomic E-state index is 14.0. The predicted octanol–water partition coefficient (Wildman–Crippen LogP) is 5.36. The Kier molecular flexibility index (Phi) is 4.94. The number of fused-ring (bicyclic) bond motifs is 5. The molecule has 0 unspecified atom stereocenters. The number of anilines is 1. The lowest BCUT2D eigenvalue weighted by molar-refractivity contribution is -0.123. The second-order valence-electron chi connectivity index (χ2n) is 9.51. The average molecular weight is 483 g/mol. The predicted molar refractivity (Wildman–Crippen MR) is 135 cm³/mol. The smallest absolute Gasteiger partial charge is 0.240 e. The molecule has 0 spiro atoms. The first-order chi connectivity index (χ1) is 16.9. The lowest BCUT2D eigenvalue weighted by Gasteiger charge is -2.35. The number of nitrogens with zero attached hydrogens (tertiary/aromatic N) is 2. The molecule has 0 aliphatic carbocycles. The molecule has 3 aromatic carbocycles. The van der Waals surface area contributed by atoms with Crippen LogP contribution in [0.25, 0.3) is 6.08 Å². The third-order valence-corrected chi connectivity index (χ3v) is 7.70. The number of aryl methyl sites for hydroxylation is 2. The van der Waals surface area contributed by atoms with E-state index < -0.39 is 23.9 Å². The van der Waals surface area contributed by atoms with Crippen molar-refractivity contribution in [3.05, 3.63) is 106 Å². The molecule has 3 heterocycles. The number of carbonyl (C=O) groups excluding carboxylic acids is 3. The number of halogens is 1. The third-order valence-electron chi connectivity index (χ3n) is 7.45. The second-order valence-corrected chi connectivity index (χ2v) is 9.94. The van der Waals surface area contributed by atoms with Crippen LogP contribution in [-0.4, -0.2) is 28.5 Å². The monoisotopic (exact) mass is 482 g/mol. The van der Waals surface area contributed by atoms with Crippen LogP contribution in [0.4, 0.5) is 5.69 Å². The minimum absolute atomic E-state index is 0.188. The van der Waals surface area contributed by atoms with E-state index in [9.17, 15) is 14.4 Å². The second kappa shape index (κ2) is 7.92. The van der Waals surface area contributed by atoms with E-state index in [1.54, 1.807) is 24.3 Å². The van der Waals surface area contributed by atoms with Crippen LogP contribution >= 0.6 is 11.6 Å². The first-order valence-electron chi connectivity index (χ1n) is 11.7.